The Kier molecular flexibility index (Phi) is 5.19. The minimum absolute atomic E-state index is 0.112. The van der Waals surface area contributed by atoms with Crippen molar-refractivity contribution in [2.75, 3.05) is 4.90 Å². The van der Waals surface area contributed by atoms with Gasteiger partial charge in [-0.15, -0.1) is 11.3 Å². The zero-order valence-corrected chi connectivity index (χ0v) is 17.4. The summed E-state index contributed by atoms with van der Waals surface area (Å²) in [5, 5.41) is 1.31. The van der Waals surface area contributed by atoms with Crippen LogP contribution in [0.3, 0.4) is 0 Å². The second-order valence-corrected chi connectivity index (χ2v) is 9.21. The Hall–Kier alpha value is -1.92. The number of aromatic nitrogens is 1. The highest BCUT2D eigenvalue weighted by Crippen LogP contribution is 2.35. The molecule has 0 saturated heterocycles. The standard InChI is InChI=1S/C20H14Cl2N2OS2/c1-12-9-14(21)10-16-18(12)23-20(27-16)24(11-13-5-3-2-4-6-13)19(25)15-7-8-17(22)26-15/h2-10H,11H2,1H3. The van der Waals surface area contributed by atoms with E-state index in [4.69, 9.17) is 28.2 Å². The van der Waals surface area contributed by atoms with E-state index in [0.717, 1.165) is 21.3 Å². The second kappa shape index (κ2) is 7.60. The lowest BCUT2D eigenvalue weighted by Gasteiger charge is -2.19. The van der Waals surface area contributed by atoms with Gasteiger partial charge in [-0.05, 0) is 42.3 Å². The summed E-state index contributed by atoms with van der Waals surface area (Å²) in [5.74, 6) is -0.112. The third-order valence-electron chi connectivity index (χ3n) is 4.08. The summed E-state index contributed by atoms with van der Waals surface area (Å²) < 4.78 is 1.55. The molecule has 4 rings (SSSR count). The van der Waals surface area contributed by atoms with Crippen molar-refractivity contribution in [3.8, 4) is 0 Å². The van der Waals surface area contributed by atoms with Crippen LogP contribution in [0, 0.1) is 6.92 Å². The summed E-state index contributed by atoms with van der Waals surface area (Å²) in [6.07, 6.45) is 0. The predicted octanol–water partition coefficient (Wildman–Crippen LogP) is 6.82. The predicted molar refractivity (Wildman–Crippen MR) is 116 cm³/mol. The molecule has 0 aliphatic heterocycles. The van der Waals surface area contributed by atoms with Crippen LogP contribution in [0.5, 0.6) is 0 Å². The van der Waals surface area contributed by atoms with Crippen LogP contribution in [0.4, 0.5) is 5.13 Å². The molecule has 136 valence electrons. The third kappa shape index (κ3) is 3.87. The fraction of sp³-hybridized carbons (Fsp3) is 0.100. The molecule has 1 amide bonds. The number of nitrogens with zero attached hydrogens (tertiary/aromatic N) is 2. The lowest BCUT2D eigenvalue weighted by atomic mass is 10.2. The fourth-order valence-electron chi connectivity index (χ4n) is 2.81. The van der Waals surface area contributed by atoms with E-state index in [0.29, 0.717) is 25.9 Å². The average Bonchev–Trinajstić information content (AvgIpc) is 3.26. The number of halogens is 2. The lowest BCUT2D eigenvalue weighted by molar-refractivity contribution is 0.0989. The lowest BCUT2D eigenvalue weighted by Crippen LogP contribution is -2.29. The minimum Gasteiger partial charge on any atom is -0.279 e. The maximum atomic E-state index is 13.2. The summed E-state index contributed by atoms with van der Waals surface area (Å²) in [5.41, 5.74) is 2.89. The molecule has 0 radical (unpaired) electrons. The number of rotatable bonds is 4. The topological polar surface area (TPSA) is 33.2 Å². The Morgan fingerprint density at radius 2 is 1.85 bits per heavy atom. The van der Waals surface area contributed by atoms with E-state index in [1.54, 1.807) is 17.0 Å². The Morgan fingerprint density at radius 3 is 2.56 bits per heavy atom. The summed E-state index contributed by atoms with van der Waals surface area (Å²) in [6, 6.07) is 17.1. The first-order chi connectivity index (χ1) is 13.0. The average molecular weight is 433 g/mol. The molecule has 0 bridgehead atoms. The third-order valence-corrected chi connectivity index (χ3v) is 6.55. The molecular weight excluding hydrogens is 419 g/mol. The summed E-state index contributed by atoms with van der Waals surface area (Å²) in [7, 11) is 0. The number of aryl methyl sites for hydroxylation is 1. The molecule has 2 aromatic heterocycles. The van der Waals surface area contributed by atoms with Crippen molar-refractivity contribution in [1.29, 1.82) is 0 Å². The molecule has 0 spiro atoms. The molecule has 2 aromatic carbocycles. The van der Waals surface area contributed by atoms with Crippen LogP contribution in [0.25, 0.3) is 10.2 Å². The first-order valence-corrected chi connectivity index (χ1v) is 10.6. The molecule has 4 aromatic rings. The van der Waals surface area contributed by atoms with Crippen LogP contribution >= 0.6 is 45.9 Å². The van der Waals surface area contributed by atoms with Crippen molar-refractivity contribution in [2.45, 2.75) is 13.5 Å². The highest BCUT2D eigenvalue weighted by molar-refractivity contribution is 7.22. The van der Waals surface area contributed by atoms with Gasteiger partial charge in [-0.25, -0.2) is 4.98 Å². The van der Waals surface area contributed by atoms with Crippen molar-refractivity contribution < 1.29 is 4.79 Å². The molecule has 0 unspecified atom stereocenters. The SMILES string of the molecule is Cc1cc(Cl)cc2sc(N(Cc3ccccc3)C(=O)c3ccc(Cl)s3)nc12. The van der Waals surface area contributed by atoms with E-state index >= 15 is 0 Å². The van der Waals surface area contributed by atoms with Crippen LogP contribution in [0.2, 0.25) is 9.36 Å². The van der Waals surface area contributed by atoms with Gasteiger partial charge >= 0.3 is 0 Å². The molecule has 3 nitrogen and oxygen atoms in total. The molecule has 0 aliphatic rings. The number of amides is 1. The van der Waals surface area contributed by atoms with Gasteiger partial charge in [-0.1, -0.05) is 64.9 Å². The van der Waals surface area contributed by atoms with Gasteiger partial charge in [0.1, 0.15) is 0 Å². The Bertz CT molecular complexity index is 1120. The number of hydrogen-bond donors (Lipinski definition) is 0. The van der Waals surface area contributed by atoms with Crippen LogP contribution in [0.15, 0.2) is 54.6 Å². The van der Waals surface area contributed by atoms with Gasteiger partial charge in [0.2, 0.25) is 0 Å². The molecule has 0 fully saturated rings. The van der Waals surface area contributed by atoms with Crippen LogP contribution in [-0.4, -0.2) is 10.9 Å². The molecule has 0 N–H and O–H groups in total. The van der Waals surface area contributed by atoms with E-state index in [1.807, 2.05) is 49.4 Å². The zero-order valence-electron chi connectivity index (χ0n) is 14.3. The van der Waals surface area contributed by atoms with Gasteiger partial charge in [-0.2, -0.15) is 0 Å². The van der Waals surface area contributed by atoms with Crippen molar-refractivity contribution >= 4 is 67.1 Å². The van der Waals surface area contributed by atoms with Gasteiger partial charge in [0.25, 0.3) is 5.91 Å². The van der Waals surface area contributed by atoms with E-state index in [9.17, 15) is 4.79 Å². The van der Waals surface area contributed by atoms with Gasteiger partial charge in [-0.3, -0.25) is 9.69 Å². The first-order valence-electron chi connectivity index (χ1n) is 8.19. The number of thiazole rings is 1. The zero-order chi connectivity index (χ0) is 19.0. The van der Waals surface area contributed by atoms with E-state index in [1.165, 1.54) is 22.7 Å². The molecule has 27 heavy (non-hydrogen) atoms. The normalized spacial score (nSPS) is 11.1. The molecule has 7 heteroatoms. The van der Waals surface area contributed by atoms with Crippen LogP contribution in [-0.2, 0) is 6.54 Å². The Balaban J connectivity index is 1.79. The maximum Gasteiger partial charge on any atom is 0.270 e. The van der Waals surface area contributed by atoms with Gasteiger partial charge in [0, 0.05) is 5.02 Å². The van der Waals surface area contributed by atoms with Crippen LogP contribution in [0.1, 0.15) is 20.8 Å². The molecular formula is C20H14Cl2N2OS2. The quantitative estimate of drug-likeness (QED) is 0.354. The van der Waals surface area contributed by atoms with E-state index in [-0.39, 0.29) is 5.91 Å². The number of carbonyl (C=O) groups excluding carboxylic acids is 1. The number of hydrogen-bond acceptors (Lipinski definition) is 4. The summed E-state index contributed by atoms with van der Waals surface area (Å²) >= 11 is 15.0. The fourth-order valence-corrected chi connectivity index (χ4v) is 5.22. The summed E-state index contributed by atoms with van der Waals surface area (Å²) in [4.78, 5) is 20.2. The largest absolute Gasteiger partial charge is 0.279 e. The molecule has 2 heterocycles. The highest BCUT2D eigenvalue weighted by Gasteiger charge is 2.23. The second-order valence-electron chi connectivity index (χ2n) is 6.05. The maximum absolute atomic E-state index is 13.2. The minimum atomic E-state index is -0.112. The van der Waals surface area contributed by atoms with Crippen molar-refractivity contribution in [1.82, 2.24) is 4.98 Å². The molecule has 0 saturated carbocycles. The van der Waals surface area contributed by atoms with Gasteiger partial charge < -0.3 is 0 Å². The van der Waals surface area contributed by atoms with Gasteiger partial charge in [0.05, 0.1) is 26.0 Å². The number of anilines is 1. The monoisotopic (exact) mass is 432 g/mol. The number of fused-ring (bicyclic) bond motifs is 1. The molecule has 0 atom stereocenters. The summed E-state index contributed by atoms with van der Waals surface area (Å²) in [6.45, 7) is 2.40. The smallest absolute Gasteiger partial charge is 0.270 e. The van der Waals surface area contributed by atoms with Crippen molar-refractivity contribution in [3.63, 3.8) is 0 Å². The van der Waals surface area contributed by atoms with Crippen molar-refractivity contribution in [3.05, 3.63) is 80.0 Å². The Morgan fingerprint density at radius 1 is 1.07 bits per heavy atom. The number of carbonyl (C=O) groups is 1. The van der Waals surface area contributed by atoms with Gasteiger partial charge in [0.15, 0.2) is 5.13 Å². The van der Waals surface area contributed by atoms with E-state index < -0.39 is 0 Å². The Labute approximate surface area is 174 Å². The van der Waals surface area contributed by atoms with E-state index in [2.05, 4.69) is 0 Å². The number of benzene rings is 2. The van der Waals surface area contributed by atoms with Crippen LogP contribution < -0.4 is 4.90 Å². The number of thiophene rings is 1. The molecule has 0 aliphatic carbocycles. The highest BCUT2D eigenvalue weighted by atomic mass is 35.5. The van der Waals surface area contributed by atoms with Crippen molar-refractivity contribution in [2.24, 2.45) is 0 Å². The first kappa shape index (κ1) is 18.4.